The van der Waals surface area contributed by atoms with Crippen molar-refractivity contribution >= 4 is 13.7 Å². The Bertz CT molecular complexity index is 942. The molecular weight excluding hydrogens is 732 g/mol. The molecule has 3 atom stereocenters. The number of unbranched alkanes of at least 4 members (excludes halogenated alkanes) is 32. The Balaban J connectivity index is 3.86. The van der Waals surface area contributed by atoms with Crippen LogP contribution >= 0.6 is 7.82 Å². The van der Waals surface area contributed by atoms with Gasteiger partial charge in [-0.25, -0.2) is 0 Å². The van der Waals surface area contributed by atoms with Crippen LogP contribution in [0.25, 0.3) is 0 Å². The van der Waals surface area contributed by atoms with Gasteiger partial charge in [0, 0.05) is 6.42 Å². The summed E-state index contributed by atoms with van der Waals surface area (Å²) in [5.74, 6) is -0.198. The number of aliphatic hydroxyl groups is 1. The fraction of sp³-hybridized carbons (Fsp3) is 0.938. The maximum atomic E-state index is 12.8. The van der Waals surface area contributed by atoms with Gasteiger partial charge in [0.2, 0.25) is 5.91 Å². The molecule has 0 saturated carbocycles. The number of likely N-dealkylation sites (N-methyl/N-ethyl adjacent to an activating group) is 1. The van der Waals surface area contributed by atoms with E-state index >= 15 is 0 Å². The first-order valence-corrected chi connectivity index (χ1v) is 26.0. The number of quaternary nitrogens is 1. The molecule has 0 heterocycles. The Hall–Kier alpha value is -0.760. The number of phosphoric ester groups is 1. The monoisotopic (exact) mass is 829 g/mol. The summed E-state index contributed by atoms with van der Waals surface area (Å²) in [5.41, 5.74) is 0. The Kier molecular flexibility index (Phi) is 40.1. The van der Waals surface area contributed by atoms with Gasteiger partial charge in [-0.2, -0.15) is 0 Å². The molecule has 0 aliphatic carbocycles. The number of amides is 1. The highest BCUT2D eigenvalue weighted by Crippen LogP contribution is 2.38. The third kappa shape index (κ3) is 43.1. The van der Waals surface area contributed by atoms with Crippen molar-refractivity contribution in [2.24, 2.45) is 0 Å². The van der Waals surface area contributed by atoms with E-state index in [0.717, 1.165) is 44.9 Å². The smallest absolute Gasteiger partial charge is 0.268 e. The fourth-order valence-electron chi connectivity index (χ4n) is 7.33. The summed E-state index contributed by atoms with van der Waals surface area (Å²) in [4.78, 5) is 25.1. The molecule has 0 radical (unpaired) electrons. The zero-order chi connectivity index (χ0) is 42.1. The van der Waals surface area contributed by atoms with Crippen LogP contribution in [-0.4, -0.2) is 68.5 Å². The van der Waals surface area contributed by atoms with Gasteiger partial charge in [0.15, 0.2) is 0 Å². The van der Waals surface area contributed by atoms with Gasteiger partial charge in [-0.1, -0.05) is 225 Å². The molecule has 2 N–H and O–H groups in total. The van der Waals surface area contributed by atoms with E-state index in [1.54, 1.807) is 6.08 Å². The van der Waals surface area contributed by atoms with Gasteiger partial charge in [-0.3, -0.25) is 9.36 Å². The summed E-state index contributed by atoms with van der Waals surface area (Å²) in [5, 5.41) is 13.6. The Morgan fingerprint density at radius 3 is 1.32 bits per heavy atom. The maximum absolute atomic E-state index is 12.8. The molecule has 0 spiro atoms. The van der Waals surface area contributed by atoms with E-state index in [2.05, 4.69) is 19.2 Å². The molecule has 0 aromatic rings. The summed E-state index contributed by atoms with van der Waals surface area (Å²) in [6, 6.07) is -0.877. The van der Waals surface area contributed by atoms with Gasteiger partial charge < -0.3 is 28.8 Å². The van der Waals surface area contributed by atoms with Gasteiger partial charge in [0.1, 0.15) is 13.2 Å². The molecule has 57 heavy (non-hydrogen) atoms. The maximum Gasteiger partial charge on any atom is 0.268 e. The number of nitrogens with zero attached hydrogens (tertiary/aromatic N) is 1. The van der Waals surface area contributed by atoms with Crippen molar-refractivity contribution < 1.29 is 32.9 Å². The van der Waals surface area contributed by atoms with Crippen LogP contribution in [0, 0.1) is 0 Å². The Morgan fingerprint density at radius 2 is 0.947 bits per heavy atom. The van der Waals surface area contributed by atoms with Crippen molar-refractivity contribution in [3.05, 3.63) is 12.2 Å². The molecule has 0 aromatic heterocycles. The van der Waals surface area contributed by atoms with E-state index in [-0.39, 0.29) is 19.1 Å². The average Bonchev–Trinajstić information content (AvgIpc) is 3.16. The van der Waals surface area contributed by atoms with Crippen molar-refractivity contribution in [1.29, 1.82) is 0 Å². The zero-order valence-corrected chi connectivity index (χ0v) is 39.5. The van der Waals surface area contributed by atoms with Crippen molar-refractivity contribution in [2.75, 3.05) is 40.9 Å². The summed E-state index contributed by atoms with van der Waals surface area (Å²) < 4.78 is 23.1. The SMILES string of the molecule is CCCCCC/C=C/C(O)C(COP(=O)([O-])OCC[N+](C)(C)C)NC(=O)CCCCCCCCCCCCCCCCCCCCCCCCCCCCCCC. The van der Waals surface area contributed by atoms with Crippen LogP contribution in [0.1, 0.15) is 239 Å². The minimum Gasteiger partial charge on any atom is -0.756 e. The topological polar surface area (TPSA) is 108 Å². The first-order valence-electron chi connectivity index (χ1n) is 24.6. The number of hydrogen-bond donors (Lipinski definition) is 2. The lowest BCUT2D eigenvalue weighted by molar-refractivity contribution is -0.870. The molecule has 1 amide bonds. The lowest BCUT2D eigenvalue weighted by Gasteiger charge is -2.29. The van der Waals surface area contributed by atoms with E-state index in [9.17, 15) is 19.4 Å². The molecule has 3 unspecified atom stereocenters. The highest BCUT2D eigenvalue weighted by atomic mass is 31.2. The van der Waals surface area contributed by atoms with E-state index in [4.69, 9.17) is 9.05 Å². The van der Waals surface area contributed by atoms with E-state index in [1.807, 2.05) is 27.2 Å². The fourth-order valence-corrected chi connectivity index (χ4v) is 8.05. The molecule has 0 rings (SSSR count). The van der Waals surface area contributed by atoms with Crippen LogP contribution in [0.5, 0.6) is 0 Å². The largest absolute Gasteiger partial charge is 0.756 e. The quantitative estimate of drug-likeness (QED) is 0.0274. The molecule has 8 nitrogen and oxygen atoms in total. The van der Waals surface area contributed by atoms with E-state index in [0.29, 0.717) is 17.4 Å². The summed E-state index contributed by atoms with van der Waals surface area (Å²) >= 11 is 0. The molecule has 0 bridgehead atoms. The van der Waals surface area contributed by atoms with Crippen LogP contribution < -0.4 is 10.2 Å². The normalized spacial score (nSPS) is 14.3. The van der Waals surface area contributed by atoms with Crippen LogP contribution in [0.2, 0.25) is 0 Å². The number of nitrogens with one attached hydrogen (secondary N) is 1. The third-order valence-corrected chi connectivity index (χ3v) is 12.2. The number of aliphatic hydroxyl groups excluding tert-OH is 1. The van der Waals surface area contributed by atoms with Crippen molar-refractivity contribution in [2.45, 2.75) is 251 Å². The second-order valence-corrected chi connectivity index (χ2v) is 19.6. The average molecular weight is 829 g/mol. The van der Waals surface area contributed by atoms with E-state index < -0.39 is 20.0 Å². The molecule has 0 aliphatic heterocycles. The van der Waals surface area contributed by atoms with Gasteiger partial charge in [0.05, 0.1) is 39.9 Å². The minimum atomic E-state index is -4.57. The number of hydrogen-bond acceptors (Lipinski definition) is 6. The second kappa shape index (κ2) is 40.6. The molecule has 9 heteroatoms. The number of carbonyl (C=O) groups is 1. The van der Waals surface area contributed by atoms with Gasteiger partial charge in [-0.15, -0.1) is 0 Å². The predicted molar refractivity (Wildman–Crippen MR) is 242 cm³/mol. The summed E-state index contributed by atoms with van der Waals surface area (Å²) in [6.45, 7) is 4.58. The highest BCUT2D eigenvalue weighted by Gasteiger charge is 2.23. The van der Waals surface area contributed by atoms with Gasteiger partial charge >= 0.3 is 0 Å². The molecule has 0 fully saturated rings. The lowest BCUT2D eigenvalue weighted by atomic mass is 10.0. The van der Waals surface area contributed by atoms with Crippen molar-refractivity contribution in [3.8, 4) is 0 Å². The summed E-state index contributed by atoms with van der Waals surface area (Å²) in [6.07, 6.45) is 47.5. The summed E-state index contributed by atoms with van der Waals surface area (Å²) in [7, 11) is 1.27. The zero-order valence-electron chi connectivity index (χ0n) is 38.6. The number of phosphoric acid groups is 1. The van der Waals surface area contributed by atoms with Gasteiger partial charge in [0.25, 0.3) is 7.82 Å². The first-order chi connectivity index (χ1) is 27.5. The van der Waals surface area contributed by atoms with Crippen LogP contribution in [0.4, 0.5) is 0 Å². The van der Waals surface area contributed by atoms with E-state index in [1.165, 1.54) is 173 Å². The second-order valence-electron chi connectivity index (χ2n) is 18.2. The molecule has 340 valence electrons. The van der Waals surface area contributed by atoms with Crippen molar-refractivity contribution in [1.82, 2.24) is 5.32 Å². The number of carbonyl (C=O) groups excluding carboxylic acids is 1. The number of rotatable bonds is 45. The van der Waals surface area contributed by atoms with Crippen LogP contribution in [0.3, 0.4) is 0 Å². The standard InChI is InChI=1S/C48H97N2O6P/c1-6-8-10-12-14-15-16-17-18-19-20-21-22-23-24-25-26-27-28-29-30-31-32-33-34-35-36-38-40-42-48(52)49-46(47(51)41-39-37-13-11-9-7-2)45-56-57(53,54)55-44-43-50(3,4)5/h39,41,46-47,51H,6-38,40,42-45H2,1-5H3,(H-,49,52,53,54)/b41-39+. The molecule has 0 saturated heterocycles. The van der Waals surface area contributed by atoms with Crippen LogP contribution in [0.15, 0.2) is 12.2 Å². The Labute approximate surface area is 354 Å². The highest BCUT2D eigenvalue weighted by molar-refractivity contribution is 7.45. The molecule has 0 aliphatic rings. The van der Waals surface area contributed by atoms with Crippen molar-refractivity contribution in [3.63, 3.8) is 0 Å². The number of allylic oxidation sites excluding steroid dienone is 1. The van der Waals surface area contributed by atoms with Crippen LogP contribution in [-0.2, 0) is 18.4 Å². The van der Waals surface area contributed by atoms with Gasteiger partial charge in [-0.05, 0) is 19.3 Å². The third-order valence-electron chi connectivity index (χ3n) is 11.2. The minimum absolute atomic E-state index is 0.00118. The first kappa shape index (κ1) is 56.2. The predicted octanol–water partition coefficient (Wildman–Crippen LogP) is 13.3. The lowest BCUT2D eigenvalue weighted by Crippen LogP contribution is -2.45. The molecule has 0 aromatic carbocycles. The Morgan fingerprint density at radius 1 is 0.596 bits per heavy atom. The molecular formula is C48H97N2O6P.